The number of allylic oxidation sites excluding steroid dienone is 1. The molecule has 1 heterocycles. The molecule has 1 aliphatic heterocycles. The van der Waals surface area contributed by atoms with Crippen LogP contribution in [0.25, 0.3) is 5.57 Å². The quantitative estimate of drug-likeness (QED) is 0.780. The van der Waals surface area contributed by atoms with Crippen molar-refractivity contribution in [3.05, 3.63) is 71.3 Å². The Morgan fingerprint density at radius 2 is 1.54 bits per heavy atom. The van der Waals surface area contributed by atoms with Gasteiger partial charge in [-0.1, -0.05) is 54.6 Å². The molecule has 0 radical (unpaired) electrons. The summed E-state index contributed by atoms with van der Waals surface area (Å²) in [6.07, 6.45) is 3.30. The van der Waals surface area contributed by atoms with Crippen LogP contribution in [0.15, 0.2) is 54.6 Å². The maximum absolute atomic E-state index is 6.21. The zero-order valence-electron chi connectivity index (χ0n) is 14.8. The fourth-order valence-corrected chi connectivity index (χ4v) is 3.36. The van der Waals surface area contributed by atoms with E-state index >= 15 is 0 Å². The molecule has 4 rings (SSSR count). The molecule has 0 saturated carbocycles. The van der Waals surface area contributed by atoms with Gasteiger partial charge in [0.05, 0.1) is 11.2 Å². The van der Waals surface area contributed by atoms with Crippen LogP contribution in [0.3, 0.4) is 0 Å². The second-order valence-electron chi connectivity index (χ2n) is 7.69. The Labute approximate surface area is 144 Å². The molecule has 2 nitrogen and oxygen atoms in total. The lowest BCUT2D eigenvalue weighted by Crippen LogP contribution is -2.41. The SMILES string of the molecule is CC1(C)OB(c2ccc3c(c2)C(c2ccccc2)=CC3)OC1(C)C. The summed E-state index contributed by atoms with van der Waals surface area (Å²) < 4.78 is 12.4. The monoisotopic (exact) mass is 318 g/mol. The maximum atomic E-state index is 6.21. The molecule has 0 atom stereocenters. The zero-order chi connectivity index (χ0) is 16.9. The summed E-state index contributed by atoms with van der Waals surface area (Å²) in [6, 6.07) is 17.2. The minimum absolute atomic E-state index is 0.307. The molecule has 0 amide bonds. The number of hydrogen-bond donors (Lipinski definition) is 0. The van der Waals surface area contributed by atoms with Crippen molar-refractivity contribution in [3.8, 4) is 0 Å². The molecule has 1 fully saturated rings. The Kier molecular flexibility index (Phi) is 3.49. The molecular weight excluding hydrogens is 295 g/mol. The highest BCUT2D eigenvalue weighted by atomic mass is 16.7. The van der Waals surface area contributed by atoms with Crippen molar-refractivity contribution in [1.82, 2.24) is 0 Å². The summed E-state index contributed by atoms with van der Waals surface area (Å²) in [4.78, 5) is 0. The average Bonchev–Trinajstić information content (AvgIpc) is 3.06. The average molecular weight is 318 g/mol. The predicted molar refractivity (Wildman–Crippen MR) is 99.4 cm³/mol. The normalized spacial score (nSPS) is 20.8. The van der Waals surface area contributed by atoms with Gasteiger partial charge in [-0.15, -0.1) is 0 Å². The number of hydrogen-bond acceptors (Lipinski definition) is 2. The molecular formula is C21H23BO2. The summed E-state index contributed by atoms with van der Waals surface area (Å²) >= 11 is 0. The van der Waals surface area contributed by atoms with E-state index < -0.39 is 0 Å². The predicted octanol–water partition coefficient (Wildman–Crippen LogP) is 3.97. The summed E-state index contributed by atoms with van der Waals surface area (Å²) in [5.41, 5.74) is 5.72. The van der Waals surface area contributed by atoms with Crippen molar-refractivity contribution in [3.63, 3.8) is 0 Å². The van der Waals surface area contributed by atoms with Crippen molar-refractivity contribution >= 4 is 18.2 Å². The van der Waals surface area contributed by atoms with Gasteiger partial charge in [0.25, 0.3) is 0 Å². The first kappa shape index (κ1) is 15.7. The van der Waals surface area contributed by atoms with Crippen LogP contribution in [0, 0.1) is 0 Å². The van der Waals surface area contributed by atoms with Crippen molar-refractivity contribution in [2.75, 3.05) is 0 Å². The van der Waals surface area contributed by atoms with E-state index in [-0.39, 0.29) is 18.3 Å². The number of fused-ring (bicyclic) bond motifs is 1. The van der Waals surface area contributed by atoms with Crippen LogP contribution in [-0.4, -0.2) is 18.3 Å². The summed E-state index contributed by atoms with van der Waals surface area (Å²) in [5, 5.41) is 0. The third-order valence-corrected chi connectivity index (χ3v) is 5.56. The van der Waals surface area contributed by atoms with Gasteiger partial charge in [0.1, 0.15) is 0 Å². The Balaban J connectivity index is 1.69. The highest BCUT2D eigenvalue weighted by molar-refractivity contribution is 6.62. The fraction of sp³-hybridized carbons (Fsp3) is 0.333. The van der Waals surface area contributed by atoms with Crippen LogP contribution < -0.4 is 5.46 Å². The van der Waals surface area contributed by atoms with E-state index in [1.807, 2.05) is 0 Å². The standard InChI is InChI=1S/C21H23BO2/c1-20(2)21(3,4)24-22(23-20)17-12-10-16-11-13-18(19(16)14-17)15-8-6-5-7-9-15/h5-10,12-14H,11H2,1-4H3. The van der Waals surface area contributed by atoms with Gasteiger partial charge in [-0.3, -0.25) is 0 Å². The van der Waals surface area contributed by atoms with E-state index in [1.165, 1.54) is 22.3 Å². The Bertz CT molecular complexity index is 790. The first-order valence-electron chi connectivity index (χ1n) is 8.62. The summed E-state index contributed by atoms with van der Waals surface area (Å²) in [6.45, 7) is 8.37. The third-order valence-electron chi connectivity index (χ3n) is 5.56. The molecule has 2 aliphatic rings. The largest absolute Gasteiger partial charge is 0.494 e. The summed E-state index contributed by atoms with van der Waals surface area (Å²) in [5.74, 6) is 0. The first-order chi connectivity index (χ1) is 11.4. The van der Waals surface area contributed by atoms with Crippen LogP contribution >= 0.6 is 0 Å². The number of benzene rings is 2. The third kappa shape index (κ3) is 2.43. The van der Waals surface area contributed by atoms with Gasteiger partial charge in [0, 0.05) is 0 Å². The van der Waals surface area contributed by atoms with Crippen LogP contribution in [-0.2, 0) is 15.7 Å². The molecule has 0 N–H and O–H groups in total. The second kappa shape index (κ2) is 5.33. The van der Waals surface area contributed by atoms with Gasteiger partial charge < -0.3 is 9.31 Å². The summed E-state index contributed by atoms with van der Waals surface area (Å²) in [7, 11) is -0.307. The van der Waals surface area contributed by atoms with Crippen molar-refractivity contribution in [2.24, 2.45) is 0 Å². The van der Waals surface area contributed by atoms with E-state index in [0.29, 0.717) is 0 Å². The molecule has 0 spiro atoms. The molecule has 2 aromatic carbocycles. The highest BCUT2D eigenvalue weighted by Gasteiger charge is 2.51. The Hall–Kier alpha value is -1.84. The Morgan fingerprint density at radius 1 is 0.875 bits per heavy atom. The minimum Gasteiger partial charge on any atom is -0.399 e. The minimum atomic E-state index is -0.311. The van der Waals surface area contributed by atoms with Crippen LogP contribution in [0.2, 0.25) is 0 Å². The van der Waals surface area contributed by atoms with Gasteiger partial charge in [-0.2, -0.15) is 0 Å². The van der Waals surface area contributed by atoms with E-state index in [0.717, 1.165) is 11.9 Å². The molecule has 0 unspecified atom stereocenters. The molecule has 24 heavy (non-hydrogen) atoms. The van der Waals surface area contributed by atoms with Crippen LogP contribution in [0.1, 0.15) is 44.4 Å². The highest BCUT2D eigenvalue weighted by Crippen LogP contribution is 2.37. The van der Waals surface area contributed by atoms with Crippen molar-refractivity contribution in [2.45, 2.75) is 45.3 Å². The van der Waals surface area contributed by atoms with Crippen LogP contribution in [0.4, 0.5) is 0 Å². The fourth-order valence-electron chi connectivity index (χ4n) is 3.36. The number of rotatable bonds is 2. The van der Waals surface area contributed by atoms with Gasteiger partial charge in [-0.05, 0) is 61.8 Å². The van der Waals surface area contributed by atoms with E-state index in [1.54, 1.807) is 0 Å². The second-order valence-corrected chi connectivity index (χ2v) is 7.69. The lowest BCUT2D eigenvalue weighted by Gasteiger charge is -2.32. The van der Waals surface area contributed by atoms with Crippen molar-refractivity contribution < 1.29 is 9.31 Å². The first-order valence-corrected chi connectivity index (χ1v) is 8.62. The van der Waals surface area contributed by atoms with Crippen LogP contribution in [0.5, 0.6) is 0 Å². The van der Waals surface area contributed by atoms with Gasteiger partial charge >= 0.3 is 7.12 Å². The molecule has 2 aromatic rings. The topological polar surface area (TPSA) is 18.5 Å². The molecule has 3 heteroatoms. The van der Waals surface area contributed by atoms with Crippen molar-refractivity contribution in [1.29, 1.82) is 0 Å². The molecule has 0 aromatic heterocycles. The maximum Gasteiger partial charge on any atom is 0.494 e. The Morgan fingerprint density at radius 3 is 2.21 bits per heavy atom. The molecule has 1 saturated heterocycles. The molecule has 1 aliphatic carbocycles. The van der Waals surface area contributed by atoms with E-state index in [2.05, 4.69) is 82.3 Å². The van der Waals surface area contributed by atoms with Gasteiger partial charge in [-0.25, -0.2) is 0 Å². The smallest absolute Gasteiger partial charge is 0.399 e. The lowest BCUT2D eigenvalue weighted by atomic mass is 9.77. The lowest BCUT2D eigenvalue weighted by molar-refractivity contribution is 0.00578. The van der Waals surface area contributed by atoms with Gasteiger partial charge in [0.2, 0.25) is 0 Å². The molecule has 0 bridgehead atoms. The van der Waals surface area contributed by atoms with E-state index in [4.69, 9.17) is 9.31 Å². The van der Waals surface area contributed by atoms with E-state index in [9.17, 15) is 0 Å². The zero-order valence-corrected chi connectivity index (χ0v) is 14.8. The molecule has 122 valence electrons. The van der Waals surface area contributed by atoms with Gasteiger partial charge in [0.15, 0.2) is 0 Å².